The Hall–Kier alpha value is -3.16. The van der Waals surface area contributed by atoms with Crippen molar-refractivity contribution in [3.05, 3.63) is 52.4 Å². The van der Waals surface area contributed by atoms with Gasteiger partial charge in [-0.05, 0) is 82.6 Å². The molecule has 36 heavy (non-hydrogen) atoms. The van der Waals surface area contributed by atoms with Crippen molar-refractivity contribution >= 4 is 17.5 Å². The van der Waals surface area contributed by atoms with E-state index in [1.54, 1.807) is 4.52 Å². The van der Waals surface area contributed by atoms with Gasteiger partial charge in [0.25, 0.3) is 5.78 Å². The number of ether oxygens (including phenoxy) is 1. The number of ketones is 1. The Labute approximate surface area is 211 Å². The van der Waals surface area contributed by atoms with Crippen LogP contribution in [0, 0.1) is 32.6 Å². The second-order valence-electron chi connectivity index (χ2n) is 10.6. The van der Waals surface area contributed by atoms with Crippen molar-refractivity contribution in [2.75, 3.05) is 0 Å². The highest BCUT2D eigenvalue weighted by Gasteiger charge is 2.51. The van der Waals surface area contributed by atoms with Gasteiger partial charge in [-0.2, -0.15) is 4.98 Å². The van der Waals surface area contributed by atoms with Crippen LogP contribution in [0.2, 0.25) is 0 Å². The molecule has 5 rings (SSSR count). The molecule has 8 heteroatoms. The molecule has 1 aliphatic heterocycles. The van der Waals surface area contributed by atoms with Gasteiger partial charge in [-0.15, -0.1) is 5.10 Å². The van der Waals surface area contributed by atoms with Crippen LogP contribution in [-0.2, 0) is 33.6 Å². The number of nitrogens with zero attached hydrogens (tertiary/aromatic N) is 5. The van der Waals surface area contributed by atoms with Gasteiger partial charge in [0.1, 0.15) is 11.5 Å². The van der Waals surface area contributed by atoms with Gasteiger partial charge >= 0.3 is 5.97 Å². The highest BCUT2D eigenvalue weighted by Crippen LogP contribution is 2.45. The number of esters is 1. The van der Waals surface area contributed by atoms with E-state index in [-0.39, 0.29) is 24.5 Å². The van der Waals surface area contributed by atoms with Crippen molar-refractivity contribution in [2.24, 2.45) is 11.8 Å². The maximum Gasteiger partial charge on any atom is 0.317 e. The Balaban J connectivity index is 1.36. The monoisotopic (exact) mass is 489 g/mol. The van der Waals surface area contributed by atoms with Crippen molar-refractivity contribution in [2.45, 2.75) is 91.1 Å². The Morgan fingerprint density at radius 2 is 1.78 bits per heavy atom. The molecule has 2 unspecified atom stereocenters. The van der Waals surface area contributed by atoms with Crippen molar-refractivity contribution in [1.82, 2.24) is 24.6 Å². The summed E-state index contributed by atoms with van der Waals surface area (Å²) in [6.45, 7) is 7.95. The van der Waals surface area contributed by atoms with Crippen LogP contribution >= 0.6 is 0 Å². The molecule has 0 radical (unpaired) electrons. The van der Waals surface area contributed by atoms with Crippen LogP contribution in [0.1, 0.15) is 79.6 Å². The number of carbonyl (C=O) groups is 2. The highest BCUT2D eigenvalue weighted by molar-refractivity contribution is 6.01. The molecule has 1 aliphatic carbocycles. The van der Waals surface area contributed by atoms with Crippen molar-refractivity contribution in [1.29, 1.82) is 0 Å². The molecule has 0 spiro atoms. The maximum absolute atomic E-state index is 13.5. The molecule has 1 saturated heterocycles. The molecule has 0 bridgehead atoms. The lowest BCUT2D eigenvalue weighted by Crippen LogP contribution is -2.52. The molecule has 2 fully saturated rings. The SMILES string of the molecule is CCc1cc(CCC2(C3CCCC3)CC(=O)C(Cc3nc4nc(C)cc(C)n4n3)C(=O)O2)cc(C)n1. The normalized spacial score (nSPS) is 22.9. The summed E-state index contributed by atoms with van der Waals surface area (Å²) in [6, 6.07) is 6.16. The number of rotatable bonds is 7. The van der Waals surface area contributed by atoms with Gasteiger partial charge in [-0.3, -0.25) is 14.6 Å². The van der Waals surface area contributed by atoms with Crippen molar-refractivity contribution in [3.8, 4) is 0 Å². The van der Waals surface area contributed by atoms with E-state index in [4.69, 9.17) is 4.74 Å². The molecular weight excluding hydrogens is 454 g/mol. The average Bonchev–Trinajstić information content (AvgIpc) is 3.50. The van der Waals surface area contributed by atoms with E-state index >= 15 is 0 Å². The minimum atomic E-state index is -0.867. The molecule has 4 heterocycles. The molecule has 0 N–H and O–H groups in total. The third-order valence-corrected chi connectivity index (χ3v) is 7.86. The van der Waals surface area contributed by atoms with E-state index < -0.39 is 17.5 Å². The number of pyridine rings is 1. The second kappa shape index (κ2) is 9.71. The smallest absolute Gasteiger partial charge is 0.317 e. The van der Waals surface area contributed by atoms with Crippen LogP contribution in [-0.4, -0.2) is 41.9 Å². The molecular formula is C28H35N5O3. The van der Waals surface area contributed by atoms with Gasteiger partial charge in [-0.25, -0.2) is 9.50 Å². The van der Waals surface area contributed by atoms with Crippen LogP contribution in [0.4, 0.5) is 0 Å². The summed E-state index contributed by atoms with van der Waals surface area (Å²) in [5.74, 6) is -0.204. The van der Waals surface area contributed by atoms with Gasteiger partial charge in [-0.1, -0.05) is 19.8 Å². The van der Waals surface area contributed by atoms with Crippen molar-refractivity contribution in [3.63, 3.8) is 0 Å². The highest BCUT2D eigenvalue weighted by atomic mass is 16.6. The zero-order valence-corrected chi connectivity index (χ0v) is 21.7. The molecule has 0 amide bonds. The summed E-state index contributed by atoms with van der Waals surface area (Å²) < 4.78 is 7.94. The Bertz CT molecular complexity index is 1290. The maximum atomic E-state index is 13.5. The quantitative estimate of drug-likeness (QED) is 0.361. The predicted octanol–water partition coefficient (Wildman–Crippen LogP) is 4.24. The number of hydrogen-bond donors (Lipinski definition) is 0. The largest absolute Gasteiger partial charge is 0.458 e. The molecule has 2 aliphatic rings. The molecule has 0 aromatic carbocycles. The summed E-state index contributed by atoms with van der Waals surface area (Å²) in [5.41, 5.74) is 4.28. The average molecular weight is 490 g/mol. The fourth-order valence-electron chi connectivity index (χ4n) is 6.05. The fourth-order valence-corrected chi connectivity index (χ4v) is 6.05. The zero-order chi connectivity index (χ0) is 25.4. The van der Waals surface area contributed by atoms with Crippen LogP contribution in [0.25, 0.3) is 5.78 Å². The standard InChI is InChI=1S/C28H35N5O3/c1-5-22-14-20(13-18(3)29-22)10-11-28(21-8-6-7-9-21)16-24(34)23(26(35)36-28)15-25-31-27-30-17(2)12-19(4)33(27)32-25/h12-14,21,23H,5-11,15-16H2,1-4H3. The first kappa shape index (κ1) is 24.5. The Kier molecular flexibility index (Phi) is 6.62. The van der Waals surface area contributed by atoms with Crippen LogP contribution in [0.5, 0.6) is 0 Å². The lowest BCUT2D eigenvalue weighted by atomic mass is 9.73. The number of hydrogen-bond acceptors (Lipinski definition) is 7. The third-order valence-electron chi connectivity index (χ3n) is 7.86. The van der Waals surface area contributed by atoms with E-state index in [0.717, 1.165) is 61.3 Å². The summed E-state index contributed by atoms with van der Waals surface area (Å²) in [6.07, 6.45) is 6.94. The van der Waals surface area contributed by atoms with E-state index in [2.05, 4.69) is 39.1 Å². The van der Waals surface area contributed by atoms with Crippen LogP contribution in [0.3, 0.4) is 0 Å². The van der Waals surface area contributed by atoms with Gasteiger partial charge < -0.3 is 4.74 Å². The van der Waals surface area contributed by atoms with Crippen LogP contribution < -0.4 is 0 Å². The van der Waals surface area contributed by atoms with E-state index in [0.29, 0.717) is 18.0 Å². The first-order valence-corrected chi connectivity index (χ1v) is 13.2. The van der Waals surface area contributed by atoms with Gasteiger partial charge in [0.2, 0.25) is 0 Å². The zero-order valence-electron chi connectivity index (χ0n) is 21.7. The molecule has 8 nitrogen and oxygen atoms in total. The molecule has 190 valence electrons. The Morgan fingerprint density at radius 1 is 1.03 bits per heavy atom. The summed E-state index contributed by atoms with van der Waals surface area (Å²) in [5, 5.41) is 4.51. The number of cyclic esters (lactones) is 1. The number of aromatic nitrogens is 5. The lowest BCUT2D eigenvalue weighted by molar-refractivity contribution is -0.185. The second-order valence-corrected chi connectivity index (χ2v) is 10.6. The molecule has 1 saturated carbocycles. The topological polar surface area (TPSA) is 99.3 Å². The van der Waals surface area contributed by atoms with E-state index in [1.165, 1.54) is 5.56 Å². The minimum absolute atomic E-state index is 0.0574. The van der Waals surface area contributed by atoms with E-state index in [9.17, 15) is 9.59 Å². The summed E-state index contributed by atoms with van der Waals surface area (Å²) >= 11 is 0. The first-order chi connectivity index (χ1) is 17.3. The number of fused-ring (bicyclic) bond motifs is 1. The third kappa shape index (κ3) is 4.77. The van der Waals surface area contributed by atoms with Crippen LogP contribution in [0.15, 0.2) is 18.2 Å². The minimum Gasteiger partial charge on any atom is -0.458 e. The molecule has 2 atom stereocenters. The first-order valence-electron chi connectivity index (χ1n) is 13.2. The number of Topliss-reactive ketones (excluding diaryl/α,β-unsaturated/α-hetero) is 1. The molecule has 3 aromatic heterocycles. The van der Waals surface area contributed by atoms with E-state index in [1.807, 2.05) is 26.8 Å². The van der Waals surface area contributed by atoms with Gasteiger partial charge in [0.05, 0.1) is 0 Å². The number of carbonyl (C=O) groups excluding carboxylic acids is 2. The van der Waals surface area contributed by atoms with Gasteiger partial charge in [0, 0.05) is 35.6 Å². The number of aryl methyl sites for hydroxylation is 5. The Morgan fingerprint density at radius 3 is 2.50 bits per heavy atom. The summed E-state index contributed by atoms with van der Waals surface area (Å²) in [7, 11) is 0. The van der Waals surface area contributed by atoms with Crippen molar-refractivity contribution < 1.29 is 14.3 Å². The fraction of sp³-hybridized carbons (Fsp3) is 0.571. The summed E-state index contributed by atoms with van der Waals surface area (Å²) in [4.78, 5) is 40.3. The van der Waals surface area contributed by atoms with Gasteiger partial charge in [0.15, 0.2) is 11.6 Å². The molecule has 3 aromatic rings. The predicted molar refractivity (Wildman–Crippen MR) is 135 cm³/mol. The lowest BCUT2D eigenvalue weighted by Gasteiger charge is -2.43.